The number of aromatic nitrogens is 1. The summed E-state index contributed by atoms with van der Waals surface area (Å²) in [5.41, 5.74) is 1.32. The first-order chi connectivity index (χ1) is 9.75. The Balaban J connectivity index is 1.97. The molecule has 0 saturated heterocycles. The Labute approximate surface area is 119 Å². The van der Waals surface area contributed by atoms with Gasteiger partial charge < -0.3 is 9.52 Å². The number of para-hydroxylation sites is 1. The summed E-state index contributed by atoms with van der Waals surface area (Å²) in [4.78, 5) is 16.3. The van der Waals surface area contributed by atoms with Crippen molar-refractivity contribution < 1.29 is 14.3 Å². The Hall–Kier alpha value is -2.27. The van der Waals surface area contributed by atoms with E-state index in [4.69, 9.17) is 4.42 Å². The number of thioether (sulfide) groups is 1. The third-order valence-electron chi connectivity index (χ3n) is 2.93. The molecule has 0 atom stereocenters. The van der Waals surface area contributed by atoms with E-state index in [1.165, 1.54) is 0 Å². The van der Waals surface area contributed by atoms with E-state index in [9.17, 15) is 9.90 Å². The minimum absolute atomic E-state index is 0.0211. The number of furan rings is 1. The molecule has 100 valence electrons. The summed E-state index contributed by atoms with van der Waals surface area (Å²) < 4.78 is 5.42. The summed E-state index contributed by atoms with van der Waals surface area (Å²) in [6.45, 7) is 0. The van der Waals surface area contributed by atoms with Crippen molar-refractivity contribution >= 4 is 28.7 Å². The van der Waals surface area contributed by atoms with E-state index in [0.717, 1.165) is 15.8 Å². The highest BCUT2D eigenvalue weighted by Crippen LogP contribution is 2.31. The number of hydrogen-bond acceptors (Lipinski definition) is 4. The van der Waals surface area contributed by atoms with Crippen LogP contribution in [0.3, 0.4) is 0 Å². The molecular weight excluding hydrogens is 274 g/mol. The van der Waals surface area contributed by atoms with Gasteiger partial charge in [-0.05, 0) is 18.2 Å². The molecule has 2 heterocycles. The zero-order chi connectivity index (χ0) is 13.9. The highest BCUT2D eigenvalue weighted by molar-refractivity contribution is 7.98. The van der Waals surface area contributed by atoms with Crippen LogP contribution in [0.2, 0.25) is 0 Å². The van der Waals surface area contributed by atoms with Gasteiger partial charge in [-0.2, -0.15) is 0 Å². The summed E-state index contributed by atoms with van der Waals surface area (Å²) in [6, 6.07) is 11.2. The molecule has 2 aromatic heterocycles. The molecule has 1 N–H and O–H groups in total. The van der Waals surface area contributed by atoms with Crippen molar-refractivity contribution in [3.63, 3.8) is 0 Å². The van der Waals surface area contributed by atoms with Gasteiger partial charge >= 0.3 is 5.97 Å². The Bertz CT molecular complexity index is 752. The van der Waals surface area contributed by atoms with Crippen molar-refractivity contribution in [2.75, 3.05) is 0 Å². The van der Waals surface area contributed by atoms with Crippen LogP contribution >= 0.6 is 11.8 Å². The lowest BCUT2D eigenvalue weighted by molar-refractivity contribution is 0.0664. The fourth-order valence-corrected chi connectivity index (χ4v) is 2.92. The summed E-state index contributed by atoms with van der Waals surface area (Å²) in [5.74, 6) is -0.470. The van der Waals surface area contributed by atoms with Gasteiger partial charge in [0.2, 0.25) is 5.76 Å². The molecule has 3 aromatic rings. The second kappa shape index (κ2) is 5.38. The molecular formula is C15H11NO3S. The molecule has 0 aliphatic heterocycles. The minimum atomic E-state index is -1.04. The highest BCUT2D eigenvalue weighted by Gasteiger charge is 2.19. The predicted octanol–water partition coefficient (Wildman–Crippen LogP) is 3.82. The SMILES string of the molecule is O=C(O)c1oc2ccccc2c1CSc1ccncc1. The number of hydrogen-bond donors (Lipinski definition) is 1. The quantitative estimate of drug-likeness (QED) is 0.738. The molecule has 0 spiro atoms. The van der Waals surface area contributed by atoms with Gasteiger partial charge in [0.05, 0.1) is 0 Å². The average molecular weight is 285 g/mol. The van der Waals surface area contributed by atoms with E-state index in [1.807, 2.05) is 30.3 Å². The van der Waals surface area contributed by atoms with Gasteiger partial charge in [-0.1, -0.05) is 18.2 Å². The fraction of sp³-hybridized carbons (Fsp3) is 0.0667. The number of fused-ring (bicyclic) bond motifs is 1. The van der Waals surface area contributed by atoms with Crippen molar-refractivity contribution in [2.24, 2.45) is 0 Å². The van der Waals surface area contributed by atoms with E-state index >= 15 is 0 Å². The molecule has 1 aromatic carbocycles. The summed E-state index contributed by atoms with van der Waals surface area (Å²) in [6.07, 6.45) is 3.43. The Morgan fingerprint density at radius 1 is 1.20 bits per heavy atom. The van der Waals surface area contributed by atoms with Gasteiger partial charge in [-0.3, -0.25) is 4.98 Å². The number of carbonyl (C=O) groups is 1. The number of benzene rings is 1. The average Bonchev–Trinajstić information content (AvgIpc) is 2.85. The number of nitrogens with zero attached hydrogens (tertiary/aromatic N) is 1. The topological polar surface area (TPSA) is 63.3 Å². The number of carboxylic acids is 1. The zero-order valence-corrected chi connectivity index (χ0v) is 11.3. The van der Waals surface area contributed by atoms with Crippen LogP contribution < -0.4 is 0 Å². The molecule has 0 unspecified atom stereocenters. The summed E-state index contributed by atoms with van der Waals surface area (Å²) >= 11 is 1.56. The number of aromatic carboxylic acids is 1. The van der Waals surface area contributed by atoms with Gasteiger partial charge in [0.15, 0.2) is 0 Å². The largest absolute Gasteiger partial charge is 0.475 e. The molecule has 5 heteroatoms. The first-order valence-corrected chi connectivity index (χ1v) is 7.01. The molecule has 0 aliphatic carbocycles. The molecule has 0 aliphatic rings. The molecule has 4 nitrogen and oxygen atoms in total. The monoisotopic (exact) mass is 285 g/mol. The number of pyridine rings is 1. The second-order valence-electron chi connectivity index (χ2n) is 4.18. The van der Waals surface area contributed by atoms with E-state index in [2.05, 4.69) is 4.98 Å². The van der Waals surface area contributed by atoms with Gasteiger partial charge in [-0.15, -0.1) is 11.8 Å². The zero-order valence-electron chi connectivity index (χ0n) is 10.4. The summed E-state index contributed by atoms with van der Waals surface area (Å²) in [5, 5.41) is 10.1. The van der Waals surface area contributed by atoms with E-state index < -0.39 is 5.97 Å². The standard InChI is InChI=1S/C15H11NO3S/c17-15(18)14-12(9-20-10-5-7-16-8-6-10)11-3-1-2-4-13(11)19-14/h1-8H,9H2,(H,17,18). The van der Waals surface area contributed by atoms with Crippen LogP contribution in [0.15, 0.2) is 58.1 Å². The smallest absolute Gasteiger partial charge is 0.372 e. The van der Waals surface area contributed by atoms with E-state index in [-0.39, 0.29) is 5.76 Å². The van der Waals surface area contributed by atoms with Crippen molar-refractivity contribution in [1.29, 1.82) is 0 Å². The molecule has 0 saturated carbocycles. The first-order valence-electron chi connectivity index (χ1n) is 6.02. The van der Waals surface area contributed by atoms with Crippen LogP contribution in [-0.4, -0.2) is 16.1 Å². The maximum absolute atomic E-state index is 11.3. The van der Waals surface area contributed by atoms with E-state index in [1.54, 1.807) is 30.2 Å². The third kappa shape index (κ3) is 2.40. The highest BCUT2D eigenvalue weighted by atomic mass is 32.2. The Morgan fingerprint density at radius 2 is 1.95 bits per heavy atom. The maximum atomic E-state index is 11.3. The Morgan fingerprint density at radius 3 is 2.70 bits per heavy atom. The van der Waals surface area contributed by atoms with Gasteiger partial charge in [-0.25, -0.2) is 4.79 Å². The molecule has 0 fully saturated rings. The molecule has 0 amide bonds. The van der Waals surface area contributed by atoms with Crippen molar-refractivity contribution in [2.45, 2.75) is 10.6 Å². The van der Waals surface area contributed by atoms with Crippen LogP contribution in [0.4, 0.5) is 0 Å². The molecule has 20 heavy (non-hydrogen) atoms. The minimum Gasteiger partial charge on any atom is -0.475 e. The number of carboxylic acid groups (broad SMARTS) is 1. The van der Waals surface area contributed by atoms with Crippen LogP contribution in [0.5, 0.6) is 0 Å². The lowest BCUT2D eigenvalue weighted by Crippen LogP contribution is -1.97. The molecule has 0 bridgehead atoms. The Kier molecular flexibility index (Phi) is 3.43. The predicted molar refractivity (Wildman–Crippen MR) is 77.0 cm³/mol. The van der Waals surface area contributed by atoms with Crippen LogP contribution in [0.1, 0.15) is 16.1 Å². The van der Waals surface area contributed by atoms with Gasteiger partial charge in [0.25, 0.3) is 0 Å². The lowest BCUT2D eigenvalue weighted by atomic mass is 10.1. The number of rotatable bonds is 4. The van der Waals surface area contributed by atoms with Crippen molar-refractivity contribution in [3.05, 3.63) is 60.1 Å². The first kappa shape index (κ1) is 12.7. The lowest BCUT2D eigenvalue weighted by Gasteiger charge is -2.01. The van der Waals surface area contributed by atoms with Crippen molar-refractivity contribution in [3.8, 4) is 0 Å². The summed E-state index contributed by atoms with van der Waals surface area (Å²) in [7, 11) is 0. The maximum Gasteiger partial charge on any atom is 0.372 e. The third-order valence-corrected chi connectivity index (χ3v) is 3.96. The second-order valence-corrected chi connectivity index (χ2v) is 5.23. The molecule has 3 rings (SSSR count). The van der Waals surface area contributed by atoms with Gasteiger partial charge in [0, 0.05) is 34.0 Å². The van der Waals surface area contributed by atoms with Crippen LogP contribution in [0, 0.1) is 0 Å². The molecule has 0 radical (unpaired) electrons. The van der Waals surface area contributed by atoms with Gasteiger partial charge in [0.1, 0.15) is 5.58 Å². The fourth-order valence-electron chi connectivity index (χ4n) is 2.00. The van der Waals surface area contributed by atoms with Crippen LogP contribution in [0.25, 0.3) is 11.0 Å². The van der Waals surface area contributed by atoms with E-state index in [0.29, 0.717) is 11.3 Å². The normalized spacial score (nSPS) is 10.8. The van der Waals surface area contributed by atoms with Crippen LogP contribution in [-0.2, 0) is 5.75 Å². The van der Waals surface area contributed by atoms with Crippen molar-refractivity contribution in [1.82, 2.24) is 4.98 Å².